The van der Waals surface area contributed by atoms with Gasteiger partial charge >= 0.3 is 0 Å². The third-order valence-corrected chi connectivity index (χ3v) is 4.81. The van der Waals surface area contributed by atoms with Gasteiger partial charge in [0.25, 0.3) is 0 Å². The molecule has 116 valence electrons. The molecule has 0 amide bonds. The maximum absolute atomic E-state index is 5.37. The average molecular weight is 296 g/mol. The van der Waals surface area contributed by atoms with Gasteiger partial charge in [0.15, 0.2) is 0 Å². The van der Waals surface area contributed by atoms with Crippen molar-refractivity contribution >= 4 is 0 Å². The molecule has 0 fully saturated rings. The molecule has 2 aromatic carbocycles. The zero-order valence-electron chi connectivity index (χ0n) is 13.7. The number of hydrogen-bond acceptors (Lipinski definition) is 2. The van der Waals surface area contributed by atoms with Crippen molar-refractivity contribution in [3.63, 3.8) is 0 Å². The fourth-order valence-corrected chi connectivity index (χ4v) is 3.54. The predicted molar refractivity (Wildman–Crippen MR) is 90.1 cm³/mol. The minimum atomic E-state index is 0.613. The lowest BCUT2D eigenvalue weighted by atomic mass is 9.78. The van der Waals surface area contributed by atoms with Crippen LogP contribution in [0.5, 0.6) is 11.5 Å². The van der Waals surface area contributed by atoms with Gasteiger partial charge < -0.3 is 9.47 Å². The molecule has 0 saturated carbocycles. The first-order chi connectivity index (χ1) is 10.7. The van der Waals surface area contributed by atoms with E-state index in [1.807, 2.05) is 0 Å². The first-order valence-corrected chi connectivity index (χ1v) is 8.07. The van der Waals surface area contributed by atoms with Crippen molar-refractivity contribution in [2.75, 3.05) is 14.2 Å². The highest BCUT2D eigenvalue weighted by atomic mass is 16.5. The van der Waals surface area contributed by atoms with Crippen molar-refractivity contribution in [1.82, 2.24) is 0 Å². The molecule has 1 unspecified atom stereocenters. The van der Waals surface area contributed by atoms with Crippen molar-refractivity contribution in [2.45, 2.75) is 38.5 Å². The number of methoxy groups -OCH3 is 2. The van der Waals surface area contributed by atoms with E-state index in [0.717, 1.165) is 30.8 Å². The summed E-state index contributed by atoms with van der Waals surface area (Å²) in [5.41, 5.74) is 5.82. The van der Waals surface area contributed by atoms with Crippen molar-refractivity contribution in [1.29, 1.82) is 0 Å². The minimum Gasteiger partial charge on any atom is -0.497 e. The third kappa shape index (κ3) is 2.83. The van der Waals surface area contributed by atoms with E-state index in [0.29, 0.717) is 5.92 Å². The topological polar surface area (TPSA) is 18.5 Å². The van der Waals surface area contributed by atoms with Gasteiger partial charge in [-0.05, 0) is 78.1 Å². The molecule has 22 heavy (non-hydrogen) atoms. The Bertz CT molecular complexity index is 661. The van der Waals surface area contributed by atoms with Crippen LogP contribution in [0, 0.1) is 0 Å². The fourth-order valence-electron chi connectivity index (χ4n) is 3.54. The Morgan fingerprint density at radius 3 is 2.41 bits per heavy atom. The van der Waals surface area contributed by atoms with E-state index in [9.17, 15) is 0 Å². The molecule has 1 aliphatic rings. The molecule has 2 aromatic rings. The van der Waals surface area contributed by atoms with Crippen molar-refractivity contribution in [2.24, 2.45) is 0 Å². The summed E-state index contributed by atoms with van der Waals surface area (Å²) in [6.07, 6.45) is 4.52. The molecule has 2 nitrogen and oxygen atoms in total. The van der Waals surface area contributed by atoms with Gasteiger partial charge in [-0.1, -0.05) is 19.1 Å². The normalized spacial score (nSPS) is 17.0. The first kappa shape index (κ1) is 15.0. The van der Waals surface area contributed by atoms with E-state index in [1.54, 1.807) is 14.2 Å². The van der Waals surface area contributed by atoms with Gasteiger partial charge in [0, 0.05) is 0 Å². The Morgan fingerprint density at radius 2 is 1.68 bits per heavy atom. The number of rotatable bonds is 4. The lowest BCUT2D eigenvalue weighted by Crippen LogP contribution is -2.14. The van der Waals surface area contributed by atoms with E-state index in [2.05, 4.69) is 43.3 Å². The summed E-state index contributed by atoms with van der Waals surface area (Å²) in [5.74, 6) is 2.54. The van der Waals surface area contributed by atoms with Crippen LogP contribution in [-0.4, -0.2) is 14.2 Å². The van der Waals surface area contributed by atoms with Crippen LogP contribution in [0.25, 0.3) is 0 Å². The van der Waals surface area contributed by atoms with Gasteiger partial charge in [0.2, 0.25) is 0 Å². The Hall–Kier alpha value is -1.96. The van der Waals surface area contributed by atoms with E-state index in [4.69, 9.17) is 9.47 Å². The monoisotopic (exact) mass is 296 g/mol. The Morgan fingerprint density at radius 1 is 0.955 bits per heavy atom. The van der Waals surface area contributed by atoms with Crippen LogP contribution in [0.2, 0.25) is 0 Å². The second-order valence-electron chi connectivity index (χ2n) is 5.99. The highest BCUT2D eigenvalue weighted by Crippen LogP contribution is 2.36. The lowest BCUT2D eigenvalue weighted by molar-refractivity contribution is 0.412. The smallest absolute Gasteiger partial charge is 0.119 e. The molecule has 1 atom stereocenters. The largest absolute Gasteiger partial charge is 0.497 e. The molecular weight excluding hydrogens is 272 g/mol. The van der Waals surface area contributed by atoms with E-state index >= 15 is 0 Å². The summed E-state index contributed by atoms with van der Waals surface area (Å²) in [7, 11) is 3.47. The van der Waals surface area contributed by atoms with Crippen LogP contribution in [-0.2, 0) is 19.3 Å². The maximum atomic E-state index is 5.37. The molecule has 0 aliphatic heterocycles. The Labute approximate surface area is 133 Å². The van der Waals surface area contributed by atoms with E-state index in [-0.39, 0.29) is 0 Å². The van der Waals surface area contributed by atoms with Gasteiger partial charge in [0.05, 0.1) is 14.2 Å². The van der Waals surface area contributed by atoms with Crippen LogP contribution in [0.1, 0.15) is 41.5 Å². The summed E-state index contributed by atoms with van der Waals surface area (Å²) in [5, 5.41) is 0. The molecule has 0 spiro atoms. The Kier molecular flexibility index (Phi) is 4.37. The van der Waals surface area contributed by atoms with Crippen LogP contribution >= 0.6 is 0 Å². The van der Waals surface area contributed by atoms with E-state index < -0.39 is 0 Å². The van der Waals surface area contributed by atoms with Gasteiger partial charge in [-0.2, -0.15) is 0 Å². The quantitative estimate of drug-likeness (QED) is 0.824. The SMILES string of the molecule is CCc1cc(OC)ccc1C1CCc2cc(OC)ccc2C1. The van der Waals surface area contributed by atoms with Gasteiger partial charge in [-0.25, -0.2) is 0 Å². The van der Waals surface area contributed by atoms with Crippen LogP contribution in [0.3, 0.4) is 0 Å². The van der Waals surface area contributed by atoms with Crippen molar-refractivity contribution in [3.8, 4) is 11.5 Å². The second kappa shape index (κ2) is 6.43. The van der Waals surface area contributed by atoms with Crippen molar-refractivity contribution in [3.05, 3.63) is 58.7 Å². The highest BCUT2D eigenvalue weighted by Gasteiger charge is 2.22. The summed E-state index contributed by atoms with van der Waals surface area (Å²) in [6.45, 7) is 2.22. The van der Waals surface area contributed by atoms with Crippen LogP contribution < -0.4 is 9.47 Å². The van der Waals surface area contributed by atoms with Crippen molar-refractivity contribution < 1.29 is 9.47 Å². The molecular formula is C20H24O2. The molecule has 1 aliphatic carbocycles. The molecule has 0 radical (unpaired) electrons. The number of aryl methyl sites for hydroxylation is 2. The summed E-state index contributed by atoms with van der Waals surface area (Å²) in [6, 6.07) is 13.1. The first-order valence-electron chi connectivity index (χ1n) is 8.07. The zero-order valence-corrected chi connectivity index (χ0v) is 13.7. The summed E-state index contributed by atoms with van der Waals surface area (Å²) in [4.78, 5) is 0. The van der Waals surface area contributed by atoms with Crippen LogP contribution in [0.4, 0.5) is 0 Å². The molecule has 0 N–H and O–H groups in total. The molecule has 0 heterocycles. The summed E-state index contributed by atoms with van der Waals surface area (Å²) >= 11 is 0. The number of benzene rings is 2. The van der Waals surface area contributed by atoms with Crippen LogP contribution in [0.15, 0.2) is 36.4 Å². The molecule has 2 heteroatoms. The molecule has 0 saturated heterocycles. The van der Waals surface area contributed by atoms with Gasteiger partial charge in [-0.3, -0.25) is 0 Å². The number of hydrogen-bond donors (Lipinski definition) is 0. The zero-order chi connectivity index (χ0) is 15.5. The van der Waals surface area contributed by atoms with Gasteiger partial charge in [-0.15, -0.1) is 0 Å². The van der Waals surface area contributed by atoms with Gasteiger partial charge in [0.1, 0.15) is 11.5 Å². The third-order valence-electron chi connectivity index (χ3n) is 4.81. The standard InChI is InChI=1S/C20H24O2/c1-4-14-12-19(22-3)9-10-20(14)17-6-5-16-13-18(21-2)8-7-15(16)11-17/h7-10,12-13,17H,4-6,11H2,1-3H3. The predicted octanol–water partition coefficient (Wildman–Crippen LogP) is 4.54. The molecule has 0 bridgehead atoms. The van der Waals surface area contributed by atoms with E-state index in [1.165, 1.54) is 28.7 Å². The fraction of sp³-hybridized carbons (Fsp3) is 0.400. The lowest BCUT2D eigenvalue weighted by Gasteiger charge is -2.27. The number of fused-ring (bicyclic) bond motifs is 1. The minimum absolute atomic E-state index is 0.613. The maximum Gasteiger partial charge on any atom is 0.119 e. The summed E-state index contributed by atoms with van der Waals surface area (Å²) < 4.78 is 10.7. The molecule has 3 rings (SSSR count). The number of ether oxygens (including phenoxy) is 2. The Balaban J connectivity index is 1.88. The highest BCUT2D eigenvalue weighted by molar-refractivity contribution is 5.43. The second-order valence-corrected chi connectivity index (χ2v) is 5.99. The molecule has 0 aromatic heterocycles. The average Bonchev–Trinajstić information content (AvgIpc) is 2.60.